The molecule has 4 rings (SSSR count). The van der Waals surface area contributed by atoms with E-state index in [-0.39, 0.29) is 11.8 Å². The van der Waals surface area contributed by atoms with Crippen LogP contribution in [0, 0.1) is 5.92 Å². The van der Waals surface area contributed by atoms with Crippen LogP contribution in [0.15, 0.2) is 59.2 Å². The van der Waals surface area contributed by atoms with Crippen molar-refractivity contribution in [3.8, 4) is 11.5 Å². The number of hydrogen-bond acceptors (Lipinski definition) is 3. The lowest BCUT2D eigenvalue weighted by atomic mass is 9.93. The first-order valence-electron chi connectivity index (χ1n) is 11.4. The van der Waals surface area contributed by atoms with Crippen LogP contribution in [0.3, 0.4) is 0 Å². The highest BCUT2D eigenvalue weighted by molar-refractivity contribution is 6.30. The van der Waals surface area contributed by atoms with Crippen molar-refractivity contribution in [3.05, 3.63) is 71.1 Å². The van der Waals surface area contributed by atoms with Crippen LogP contribution in [0.5, 0.6) is 0 Å². The number of rotatable bonds is 8. The zero-order chi connectivity index (χ0) is 23.6. The third kappa shape index (κ3) is 4.71. The summed E-state index contributed by atoms with van der Waals surface area (Å²) in [5.41, 5.74) is 1.38. The third-order valence-electron chi connectivity index (χ3n) is 6.31. The normalized spacial score (nSPS) is 18.0. The molecule has 0 saturated heterocycles. The van der Waals surface area contributed by atoms with Gasteiger partial charge in [0.1, 0.15) is 17.0 Å². The molecule has 6 nitrogen and oxygen atoms in total. The van der Waals surface area contributed by atoms with Gasteiger partial charge in [-0.3, -0.25) is 9.59 Å². The van der Waals surface area contributed by atoms with Crippen molar-refractivity contribution in [1.82, 2.24) is 14.8 Å². The zero-order valence-electron chi connectivity index (χ0n) is 19.3. The van der Waals surface area contributed by atoms with Gasteiger partial charge in [-0.15, -0.1) is 0 Å². The fraction of sp³-hybridized carbons (Fsp3) is 0.385. The van der Waals surface area contributed by atoms with Crippen LogP contribution < -0.4 is 5.32 Å². The summed E-state index contributed by atoms with van der Waals surface area (Å²) in [5, 5.41) is 3.74. The smallest absolute Gasteiger partial charge is 0.271 e. The van der Waals surface area contributed by atoms with Crippen LogP contribution in [0.1, 0.15) is 43.2 Å². The Bertz CT molecular complexity index is 1120. The van der Waals surface area contributed by atoms with Gasteiger partial charge < -0.3 is 19.2 Å². The Balaban J connectivity index is 1.65. The molecule has 3 aromatic rings. The van der Waals surface area contributed by atoms with E-state index in [4.69, 9.17) is 16.0 Å². The molecule has 0 bridgehead atoms. The number of furan rings is 1. The second kappa shape index (κ2) is 9.48. The van der Waals surface area contributed by atoms with Gasteiger partial charge in [-0.2, -0.15) is 0 Å². The van der Waals surface area contributed by atoms with Crippen molar-refractivity contribution in [2.24, 2.45) is 5.92 Å². The van der Waals surface area contributed by atoms with Crippen LogP contribution in [0.4, 0.5) is 0 Å². The van der Waals surface area contributed by atoms with Crippen molar-refractivity contribution in [2.45, 2.75) is 45.7 Å². The van der Waals surface area contributed by atoms with Crippen LogP contribution in [0.2, 0.25) is 5.02 Å². The highest BCUT2D eigenvalue weighted by atomic mass is 35.5. The minimum absolute atomic E-state index is 0.141. The second-order valence-corrected chi connectivity index (χ2v) is 9.65. The second-order valence-electron chi connectivity index (χ2n) is 9.21. The number of hydrogen-bond donors (Lipinski definition) is 1. The average molecular weight is 468 g/mol. The Labute approximate surface area is 199 Å². The Hall–Kier alpha value is -2.99. The van der Waals surface area contributed by atoms with E-state index in [9.17, 15) is 9.59 Å². The summed E-state index contributed by atoms with van der Waals surface area (Å²) in [7, 11) is 0. The van der Waals surface area contributed by atoms with E-state index >= 15 is 0 Å². The fourth-order valence-electron chi connectivity index (χ4n) is 4.32. The minimum Gasteiger partial charge on any atom is -0.463 e. The molecule has 3 heterocycles. The highest BCUT2D eigenvalue weighted by Crippen LogP contribution is 2.33. The lowest BCUT2D eigenvalue weighted by Crippen LogP contribution is -2.64. The molecule has 1 aliphatic rings. The van der Waals surface area contributed by atoms with E-state index in [1.54, 1.807) is 11.2 Å². The van der Waals surface area contributed by atoms with Gasteiger partial charge in [0.05, 0.1) is 18.5 Å². The number of nitrogens with one attached hydrogen (secondary N) is 1. The van der Waals surface area contributed by atoms with E-state index in [2.05, 4.69) is 19.2 Å². The average Bonchev–Trinajstić information content (AvgIpc) is 3.44. The Kier molecular flexibility index (Phi) is 6.66. The number of carbonyl (C=O) groups is 2. The van der Waals surface area contributed by atoms with Gasteiger partial charge in [0.25, 0.3) is 5.91 Å². The molecule has 0 unspecified atom stereocenters. The lowest BCUT2D eigenvalue weighted by Gasteiger charge is -2.44. The van der Waals surface area contributed by atoms with Crippen molar-refractivity contribution in [2.75, 3.05) is 13.1 Å². The first kappa shape index (κ1) is 23.2. The van der Waals surface area contributed by atoms with Crippen LogP contribution in [0.25, 0.3) is 11.5 Å². The molecule has 174 valence electrons. The predicted molar refractivity (Wildman–Crippen MR) is 129 cm³/mol. The maximum atomic E-state index is 13.7. The Morgan fingerprint density at radius 1 is 1.15 bits per heavy atom. The summed E-state index contributed by atoms with van der Waals surface area (Å²) < 4.78 is 7.49. The number of amides is 2. The molecule has 1 N–H and O–H groups in total. The van der Waals surface area contributed by atoms with Gasteiger partial charge in [0.2, 0.25) is 5.91 Å². The van der Waals surface area contributed by atoms with Crippen LogP contribution in [-0.4, -0.2) is 39.9 Å². The van der Waals surface area contributed by atoms with Gasteiger partial charge in [-0.25, -0.2) is 0 Å². The van der Waals surface area contributed by atoms with Crippen molar-refractivity contribution >= 4 is 23.4 Å². The molecule has 0 fully saturated rings. The number of benzene rings is 1. The van der Waals surface area contributed by atoms with Crippen molar-refractivity contribution in [3.63, 3.8) is 0 Å². The summed E-state index contributed by atoms with van der Waals surface area (Å²) in [4.78, 5) is 28.8. The lowest BCUT2D eigenvalue weighted by molar-refractivity contribution is -0.132. The number of carbonyl (C=O) groups excluding carboxylic acids is 2. The molecule has 33 heavy (non-hydrogen) atoms. The topological polar surface area (TPSA) is 67.5 Å². The van der Waals surface area contributed by atoms with Gasteiger partial charge >= 0.3 is 0 Å². The minimum atomic E-state index is -1.03. The van der Waals surface area contributed by atoms with Crippen molar-refractivity contribution in [1.29, 1.82) is 0 Å². The van der Waals surface area contributed by atoms with E-state index in [0.717, 1.165) is 17.7 Å². The molecule has 2 aromatic heterocycles. The maximum absolute atomic E-state index is 13.7. The van der Waals surface area contributed by atoms with Crippen LogP contribution >= 0.6 is 11.6 Å². The molecule has 0 aliphatic carbocycles. The summed E-state index contributed by atoms with van der Waals surface area (Å²) in [5.74, 6) is 0.854. The van der Waals surface area contributed by atoms with Crippen LogP contribution in [-0.2, 0) is 17.8 Å². The molecule has 0 spiro atoms. The highest BCUT2D eigenvalue weighted by Gasteiger charge is 2.47. The van der Waals surface area contributed by atoms with E-state index in [0.29, 0.717) is 48.4 Å². The monoisotopic (exact) mass is 467 g/mol. The van der Waals surface area contributed by atoms with Gasteiger partial charge in [0.15, 0.2) is 0 Å². The maximum Gasteiger partial charge on any atom is 0.271 e. The first-order chi connectivity index (χ1) is 15.8. The summed E-state index contributed by atoms with van der Waals surface area (Å²) in [6.45, 7) is 7.46. The molecule has 2 amide bonds. The summed E-state index contributed by atoms with van der Waals surface area (Å²) in [6.07, 6.45) is 3.12. The Morgan fingerprint density at radius 3 is 2.55 bits per heavy atom. The van der Waals surface area contributed by atoms with Gasteiger partial charge in [0, 0.05) is 18.1 Å². The van der Waals surface area contributed by atoms with E-state index < -0.39 is 5.54 Å². The summed E-state index contributed by atoms with van der Waals surface area (Å²) >= 11 is 6.01. The van der Waals surface area contributed by atoms with Crippen molar-refractivity contribution < 1.29 is 14.0 Å². The molecular weight excluding hydrogens is 438 g/mol. The molecule has 1 aromatic carbocycles. The SMILES string of the molecule is CC(C)CCNC(=O)[C@@]1(C)Cn2c(ccc2-c2ccco2)C(=O)N1CCc1ccc(Cl)cc1. The van der Waals surface area contributed by atoms with E-state index in [1.807, 2.05) is 60.0 Å². The molecule has 7 heteroatoms. The molecule has 1 aliphatic heterocycles. The number of fused-ring (bicyclic) bond motifs is 1. The third-order valence-corrected chi connectivity index (χ3v) is 6.57. The predicted octanol–water partition coefficient (Wildman–Crippen LogP) is 5.02. The number of nitrogens with zero attached hydrogens (tertiary/aromatic N) is 2. The fourth-order valence-corrected chi connectivity index (χ4v) is 4.45. The Morgan fingerprint density at radius 2 is 1.88 bits per heavy atom. The zero-order valence-corrected chi connectivity index (χ0v) is 20.1. The van der Waals surface area contributed by atoms with E-state index in [1.165, 1.54) is 0 Å². The molecule has 1 atom stereocenters. The largest absolute Gasteiger partial charge is 0.463 e. The molecule has 0 saturated carbocycles. The van der Waals surface area contributed by atoms with Gasteiger partial charge in [-0.1, -0.05) is 37.6 Å². The number of aromatic nitrogens is 1. The first-order valence-corrected chi connectivity index (χ1v) is 11.8. The number of halogens is 1. The van der Waals surface area contributed by atoms with Gasteiger partial charge in [-0.05, 0) is 67.6 Å². The molecular formula is C26H30ClN3O3. The quantitative estimate of drug-likeness (QED) is 0.505. The standard InChI is InChI=1S/C26H30ClN3O3/c1-18(2)12-14-28-25(32)26(3)17-29-21(23-5-4-16-33-23)10-11-22(29)24(31)30(26)15-13-19-6-8-20(27)9-7-19/h4-11,16,18H,12-15,17H2,1-3H3,(H,28,32)/t26-/m1/s1. The molecule has 0 radical (unpaired) electrons. The summed E-state index contributed by atoms with van der Waals surface area (Å²) in [6, 6.07) is 15.0.